The molecule has 6 heteroatoms. The number of likely N-dealkylation sites (N-methyl/N-ethyl adjacent to an activating group) is 1. The van der Waals surface area contributed by atoms with Crippen LogP contribution >= 0.6 is 0 Å². The van der Waals surface area contributed by atoms with Crippen molar-refractivity contribution >= 4 is 5.91 Å². The molecule has 0 spiro atoms. The summed E-state index contributed by atoms with van der Waals surface area (Å²) in [5.74, 6) is -0.0958. The van der Waals surface area contributed by atoms with Crippen molar-refractivity contribution in [2.75, 3.05) is 26.2 Å². The summed E-state index contributed by atoms with van der Waals surface area (Å²) < 4.78 is 1.96. The highest BCUT2D eigenvalue weighted by Gasteiger charge is 2.21. The molecule has 29 heavy (non-hydrogen) atoms. The number of amides is 1. The molecule has 1 aromatic heterocycles. The molecule has 154 valence electrons. The first-order valence-corrected chi connectivity index (χ1v) is 9.86. The molecule has 1 heterocycles. The first-order valence-electron chi connectivity index (χ1n) is 9.86. The molecule has 1 amide bonds. The Bertz CT molecular complexity index is 821. The average molecular weight is 395 g/mol. The standard InChI is InChI=1S/C23H28N4O.H2O/c1-3-26(4-2)16-15-25-23(28)21-17-24-18-27(21)22(19-11-7-5-8-12-19)20-13-9-6-10-14-20;/h5-14,17-18,22H,3-4,15-16H2,1-2H3,(H,25,28);1H2. The third kappa shape index (κ3) is 5.53. The van der Waals surface area contributed by atoms with Gasteiger partial charge < -0.3 is 20.3 Å². The van der Waals surface area contributed by atoms with Crippen LogP contribution in [0.3, 0.4) is 0 Å². The third-order valence-electron chi connectivity index (χ3n) is 5.02. The van der Waals surface area contributed by atoms with Crippen LogP contribution < -0.4 is 5.32 Å². The minimum absolute atomic E-state index is 0. The number of hydrogen-bond donors (Lipinski definition) is 1. The Labute approximate surface area is 172 Å². The van der Waals surface area contributed by atoms with Crippen molar-refractivity contribution < 1.29 is 10.3 Å². The van der Waals surface area contributed by atoms with Gasteiger partial charge in [0.1, 0.15) is 5.69 Å². The summed E-state index contributed by atoms with van der Waals surface area (Å²) in [5.41, 5.74) is 2.80. The lowest BCUT2D eigenvalue weighted by atomic mass is 9.98. The maximum absolute atomic E-state index is 12.9. The van der Waals surface area contributed by atoms with Crippen LogP contribution in [0.5, 0.6) is 0 Å². The molecule has 3 aromatic rings. The highest BCUT2D eigenvalue weighted by Crippen LogP contribution is 2.27. The molecule has 2 aromatic carbocycles. The highest BCUT2D eigenvalue weighted by atomic mass is 16.2. The second kappa shape index (κ2) is 11.1. The van der Waals surface area contributed by atoms with Gasteiger partial charge in [0.25, 0.3) is 5.91 Å². The van der Waals surface area contributed by atoms with Gasteiger partial charge in [0.2, 0.25) is 0 Å². The van der Waals surface area contributed by atoms with Gasteiger partial charge in [-0.05, 0) is 24.2 Å². The Morgan fingerprint density at radius 2 is 1.55 bits per heavy atom. The summed E-state index contributed by atoms with van der Waals surface area (Å²) in [7, 11) is 0. The number of hydrogen-bond acceptors (Lipinski definition) is 3. The molecule has 0 aliphatic heterocycles. The van der Waals surface area contributed by atoms with Crippen LogP contribution in [0.4, 0.5) is 0 Å². The number of carbonyl (C=O) groups is 1. The average Bonchev–Trinajstić information content (AvgIpc) is 3.22. The van der Waals surface area contributed by atoms with Crippen molar-refractivity contribution in [3.63, 3.8) is 0 Å². The molecule has 0 bridgehead atoms. The normalized spacial score (nSPS) is 10.8. The summed E-state index contributed by atoms with van der Waals surface area (Å²) in [6, 6.07) is 20.3. The lowest BCUT2D eigenvalue weighted by Gasteiger charge is -2.22. The van der Waals surface area contributed by atoms with Crippen molar-refractivity contribution in [3.8, 4) is 0 Å². The van der Waals surface area contributed by atoms with Gasteiger partial charge in [-0.1, -0.05) is 74.5 Å². The number of rotatable bonds is 9. The van der Waals surface area contributed by atoms with Crippen LogP contribution in [0.25, 0.3) is 0 Å². The van der Waals surface area contributed by atoms with Gasteiger partial charge >= 0.3 is 0 Å². The van der Waals surface area contributed by atoms with Gasteiger partial charge in [0.05, 0.1) is 18.6 Å². The van der Waals surface area contributed by atoms with Crippen LogP contribution in [0.2, 0.25) is 0 Å². The van der Waals surface area contributed by atoms with Crippen LogP contribution in [0.1, 0.15) is 41.5 Å². The molecule has 3 N–H and O–H groups in total. The highest BCUT2D eigenvalue weighted by molar-refractivity contribution is 5.92. The number of aromatic nitrogens is 2. The van der Waals surface area contributed by atoms with Gasteiger partial charge in [-0.25, -0.2) is 4.98 Å². The predicted molar refractivity (Wildman–Crippen MR) is 116 cm³/mol. The van der Waals surface area contributed by atoms with E-state index in [1.54, 1.807) is 12.5 Å². The van der Waals surface area contributed by atoms with Gasteiger partial charge in [-0.3, -0.25) is 4.79 Å². The molecule has 0 saturated heterocycles. The molecule has 6 nitrogen and oxygen atoms in total. The number of nitrogens with one attached hydrogen (secondary N) is 1. The van der Waals surface area contributed by atoms with E-state index in [4.69, 9.17) is 0 Å². The van der Waals surface area contributed by atoms with E-state index in [-0.39, 0.29) is 17.4 Å². The molecule has 0 aliphatic carbocycles. The lowest BCUT2D eigenvalue weighted by Crippen LogP contribution is -2.35. The molecule has 0 atom stereocenters. The van der Waals surface area contributed by atoms with Crippen LogP contribution in [0, 0.1) is 0 Å². The molecule has 0 fully saturated rings. The molecule has 3 rings (SSSR count). The summed E-state index contributed by atoms with van der Waals surface area (Å²) in [6.45, 7) is 7.68. The number of nitrogens with zero attached hydrogens (tertiary/aromatic N) is 3. The van der Waals surface area contributed by atoms with Crippen molar-refractivity contribution in [3.05, 3.63) is 90.0 Å². The van der Waals surface area contributed by atoms with Crippen LogP contribution in [-0.2, 0) is 0 Å². The van der Waals surface area contributed by atoms with Crippen molar-refractivity contribution in [1.29, 1.82) is 0 Å². The Kier molecular flexibility index (Phi) is 8.58. The first kappa shape index (κ1) is 22.3. The minimum Gasteiger partial charge on any atom is -0.412 e. The van der Waals surface area contributed by atoms with Gasteiger partial charge in [0.15, 0.2) is 0 Å². The Hall–Kier alpha value is -2.96. The molecular weight excluding hydrogens is 364 g/mol. The maximum atomic E-state index is 12.9. The summed E-state index contributed by atoms with van der Waals surface area (Å²) in [6.07, 6.45) is 3.38. The van der Waals surface area contributed by atoms with Crippen molar-refractivity contribution in [2.24, 2.45) is 0 Å². The fraction of sp³-hybridized carbons (Fsp3) is 0.304. The van der Waals surface area contributed by atoms with Gasteiger partial charge in [-0.2, -0.15) is 0 Å². The van der Waals surface area contributed by atoms with E-state index in [0.29, 0.717) is 12.2 Å². The Morgan fingerprint density at radius 1 is 1.00 bits per heavy atom. The maximum Gasteiger partial charge on any atom is 0.269 e. The van der Waals surface area contributed by atoms with Gasteiger partial charge in [0, 0.05) is 13.1 Å². The zero-order valence-electron chi connectivity index (χ0n) is 17.1. The SMILES string of the molecule is CCN(CC)CCNC(=O)c1cncn1C(c1ccccc1)c1ccccc1.O. The predicted octanol–water partition coefficient (Wildman–Crippen LogP) is 2.77. The number of carbonyl (C=O) groups excluding carboxylic acids is 1. The quantitative estimate of drug-likeness (QED) is 0.606. The van der Waals surface area contributed by atoms with Gasteiger partial charge in [-0.15, -0.1) is 0 Å². The van der Waals surface area contributed by atoms with Crippen molar-refractivity contribution in [2.45, 2.75) is 19.9 Å². The van der Waals surface area contributed by atoms with Crippen LogP contribution in [-0.4, -0.2) is 52.0 Å². The first-order chi connectivity index (χ1) is 13.7. The molecular formula is C23H30N4O2. The van der Waals surface area contributed by atoms with E-state index in [2.05, 4.69) is 53.3 Å². The van der Waals surface area contributed by atoms with E-state index in [1.165, 1.54) is 0 Å². The zero-order chi connectivity index (χ0) is 19.8. The van der Waals surface area contributed by atoms with E-state index < -0.39 is 0 Å². The van der Waals surface area contributed by atoms with Crippen LogP contribution in [0.15, 0.2) is 73.2 Å². The smallest absolute Gasteiger partial charge is 0.269 e. The molecule has 0 radical (unpaired) electrons. The largest absolute Gasteiger partial charge is 0.412 e. The second-order valence-electron chi connectivity index (χ2n) is 6.69. The summed E-state index contributed by atoms with van der Waals surface area (Å²) in [4.78, 5) is 19.4. The van der Waals surface area contributed by atoms with Crippen molar-refractivity contribution in [1.82, 2.24) is 19.8 Å². The third-order valence-corrected chi connectivity index (χ3v) is 5.02. The summed E-state index contributed by atoms with van der Waals surface area (Å²) in [5, 5.41) is 3.04. The van der Waals surface area contributed by atoms with E-state index in [0.717, 1.165) is 30.8 Å². The van der Waals surface area contributed by atoms with E-state index in [9.17, 15) is 4.79 Å². The Balaban J connectivity index is 0.00000300. The fourth-order valence-electron chi connectivity index (χ4n) is 3.43. The lowest BCUT2D eigenvalue weighted by molar-refractivity contribution is 0.0939. The Morgan fingerprint density at radius 3 is 2.07 bits per heavy atom. The second-order valence-corrected chi connectivity index (χ2v) is 6.69. The summed E-state index contributed by atoms with van der Waals surface area (Å²) >= 11 is 0. The number of imidazole rings is 1. The molecule has 0 aliphatic rings. The molecule has 0 unspecified atom stereocenters. The topological polar surface area (TPSA) is 81.7 Å². The molecule has 0 saturated carbocycles. The fourth-order valence-corrected chi connectivity index (χ4v) is 3.43. The van der Waals surface area contributed by atoms with E-state index >= 15 is 0 Å². The van der Waals surface area contributed by atoms with E-state index in [1.807, 2.05) is 41.0 Å². The monoisotopic (exact) mass is 394 g/mol. The zero-order valence-corrected chi connectivity index (χ0v) is 17.1. The minimum atomic E-state index is -0.103. The number of benzene rings is 2.